The Morgan fingerprint density at radius 2 is 1.52 bits per heavy atom. The van der Waals surface area contributed by atoms with E-state index >= 15 is 0 Å². The number of ether oxygens (including phenoxy) is 3. The van der Waals surface area contributed by atoms with E-state index in [0.29, 0.717) is 11.3 Å². The SMILES string of the molecule is CCOC(=O)C1(C(=O)OCC)N[C@H](c2ccccc2)[C@H](C=O)[C@H]1c1ccc(OC)cc1. The van der Waals surface area contributed by atoms with Gasteiger partial charge in [-0.05, 0) is 37.1 Å². The van der Waals surface area contributed by atoms with Crippen LogP contribution >= 0.6 is 0 Å². The van der Waals surface area contributed by atoms with Gasteiger partial charge in [-0.2, -0.15) is 0 Å². The molecule has 0 radical (unpaired) electrons. The van der Waals surface area contributed by atoms with Crippen LogP contribution in [-0.2, 0) is 23.9 Å². The molecule has 31 heavy (non-hydrogen) atoms. The second-order valence-corrected chi connectivity index (χ2v) is 7.25. The zero-order chi connectivity index (χ0) is 22.4. The van der Waals surface area contributed by atoms with Crippen molar-refractivity contribution < 1.29 is 28.6 Å². The molecule has 0 unspecified atom stereocenters. The van der Waals surface area contributed by atoms with Crippen molar-refractivity contribution in [1.29, 1.82) is 0 Å². The third-order valence-corrected chi connectivity index (χ3v) is 5.61. The number of nitrogens with one attached hydrogen (secondary N) is 1. The van der Waals surface area contributed by atoms with E-state index in [1.165, 1.54) is 0 Å². The highest BCUT2D eigenvalue weighted by Gasteiger charge is 2.65. The van der Waals surface area contributed by atoms with E-state index in [-0.39, 0.29) is 13.2 Å². The number of methoxy groups -OCH3 is 1. The van der Waals surface area contributed by atoms with Gasteiger partial charge in [0.15, 0.2) is 0 Å². The van der Waals surface area contributed by atoms with E-state index in [0.717, 1.165) is 11.8 Å². The van der Waals surface area contributed by atoms with Gasteiger partial charge in [0.1, 0.15) is 12.0 Å². The topological polar surface area (TPSA) is 90.9 Å². The van der Waals surface area contributed by atoms with E-state index in [1.807, 2.05) is 30.3 Å². The molecule has 164 valence electrons. The summed E-state index contributed by atoms with van der Waals surface area (Å²) in [4.78, 5) is 39.0. The van der Waals surface area contributed by atoms with Crippen LogP contribution in [0.15, 0.2) is 54.6 Å². The van der Waals surface area contributed by atoms with Crippen LogP contribution in [0.1, 0.15) is 36.9 Å². The van der Waals surface area contributed by atoms with Crippen LogP contribution in [0.5, 0.6) is 5.75 Å². The maximum absolute atomic E-state index is 13.3. The molecule has 0 spiro atoms. The van der Waals surface area contributed by atoms with Crippen molar-refractivity contribution in [3.05, 3.63) is 65.7 Å². The summed E-state index contributed by atoms with van der Waals surface area (Å²) >= 11 is 0. The summed E-state index contributed by atoms with van der Waals surface area (Å²) in [7, 11) is 1.55. The Balaban J connectivity index is 2.22. The predicted octanol–water partition coefficient (Wildman–Crippen LogP) is 2.80. The first-order valence-electron chi connectivity index (χ1n) is 10.3. The highest BCUT2D eigenvalue weighted by Crippen LogP contribution is 2.49. The summed E-state index contributed by atoms with van der Waals surface area (Å²) < 4.78 is 15.9. The minimum Gasteiger partial charge on any atom is -0.497 e. The van der Waals surface area contributed by atoms with Crippen LogP contribution in [-0.4, -0.2) is 44.1 Å². The highest BCUT2D eigenvalue weighted by atomic mass is 16.6. The Morgan fingerprint density at radius 1 is 0.935 bits per heavy atom. The molecule has 1 saturated heterocycles. The summed E-state index contributed by atoms with van der Waals surface area (Å²) in [5.41, 5.74) is -0.453. The van der Waals surface area contributed by atoms with Crippen LogP contribution in [0.3, 0.4) is 0 Å². The number of carbonyl (C=O) groups is 3. The minimum absolute atomic E-state index is 0.0821. The second-order valence-electron chi connectivity index (χ2n) is 7.25. The number of esters is 2. The number of rotatable bonds is 8. The quantitative estimate of drug-likeness (QED) is 0.395. The van der Waals surface area contributed by atoms with E-state index < -0.39 is 35.4 Å². The molecule has 7 heteroatoms. The van der Waals surface area contributed by atoms with Gasteiger partial charge >= 0.3 is 11.9 Å². The van der Waals surface area contributed by atoms with Crippen LogP contribution in [0.25, 0.3) is 0 Å². The number of carbonyl (C=O) groups excluding carboxylic acids is 3. The lowest BCUT2D eigenvalue weighted by molar-refractivity contribution is -0.166. The van der Waals surface area contributed by atoms with Crippen LogP contribution in [0.4, 0.5) is 0 Å². The Morgan fingerprint density at radius 3 is 2.00 bits per heavy atom. The molecule has 1 heterocycles. The van der Waals surface area contributed by atoms with Crippen molar-refractivity contribution in [2.24, 2.45) is 5.92 Å². The van der Waals surface area contributed by atoms with Gasteiger partial charge < -0.3 is 19.0 Å². The van der Waals surface area contributed by atoms with Gasteiger partial charge in [0.25, 0.3) is 0 Å². The fourth-order valence-corrected chi connectivity index (χ4v) is 4.26. The second kappa shape index (κ2) is 9.75. The smallest absolute Gasteiger partial charge is 0.338 e. The van der Waals surface area contributed by atoms with Crippen molar-refractivity contribution in [2.75, 3.05) is 20.3 Å². The molecule has 1 fully saturated rings. The zero-order valence-corrected chi connectivity index (χ0v) is 17.9. The lowest BCUT2D eigenvalue weighted by atomic mass is 9.74. The van der Waals surface area contributed by atoms with E-state index in [9.17, 15) is 14.4 Å². The first-order chi connectivity index (χ1) is 15.0. The molecule has 0 bridgehead atoms. The highest BCUT2D eigenvalue weighted by molar-refractivity contribution is 6.07. The maximum atomic E-state index is 13.3. The summed E-state index contributed by atoms with van der Waals surface area (Å²) in [6, 6.07) is 15.6. The van der Waals surface area contributed by atoms with Crippen molar-refractivity contribution >= 4 is 18.2 Å². The Bertz CT molecular complexity index is 893. The summed E-state index contributed by atoms with van der Waals surface area (Å²) in [6.45, 7) is 3.50. The summed E-state index contributed by atoms with van der Waals surface area (Å²) in [6.07, 6.45) is 0.791. The Hall–Kier alpha value is -3.19. The number of hydrogen-bond donors (Lipinski definition) is 1. The third kappa shape index (κ3) is 4.05. The standard InChI is InChI=1S/C24H27NO6/c1-4-30-22(27)24(23(28)31-5-2)20(16-11-13-18(29-3)14-12-16)19(15-26)21(25-24)17-9-7-6-8-10-17/h6-15,19-21,25H,4-5H2,1-3H3/t19-,20-,21-/m1/s1. The molecule has 3 rings (SSSR count). The average Bonchev–Trinajstić information content (AvgIpc) is 3.16. The third-order valence-electron chi connectivity index (χ3n) is 5.61. The lowest BCUT2D eigenvalue weighted by Crippen LogP contribution is -2.59. The zero-order valence-electron chi connectivity index (χ0n) is 17.9. The summed E-state index contributed by atoms with van der Waals surface area (Å²) in [5.74, 6) is -2.46. The molecular formula is C24H27NO6. The molecule has 7 nitrogen and oxygen atoms in total. The molecule has 0 saturated carbocycles. The van der Waals surface area contributed by atoms with E-state index in [4.69, 9.17) is 14.2 Å². The first kappa shape index (κ1) is 22.5. The molecule has 2 aromatic carbocycles. The van der Waals surface area contributed by atoms with Gasteiger partial charge in [0.05, 0.1) is 20.3 Å². The fraction of sp³-hybridized carbons (Fsp3) is 0.375. The van der Waals surface area contributed by atoms with E-state index in [1.54, 1.807) is 45.2 Å². The van der Waals surface area contributed by atoms with Gasteiger partial charge in [-0.25, -0.2) is 9.59 Å². The Kier molecular flexibility index (Phi) is 7.07. The monoisotopic (exact) mass is 425 g/mol. The van der Waals surface area contributed by atoms with Gasteiger partial charge in [-0.3, -0.25) is 5.32 Å². The molecule has 0 amide bonds. The van der Waals surface area contributed by atoms with Gasteiger partial charge in [0.2, 0.25) is 5.54 Å². The van der Waals surface area contributed by atoms with Gasteiger partial charge in [0, 0.05) is 17.9 Å². The largest absolute Gasteiger partial charge is 0.497 e. The van der Waals surface area contributed by atoms with Crippen molar-refractivity contribution in [2.45, 2.75) is 31.3 Å². The number of aldehydes is 1. The lowest BCUT2D eigenvalue weighted by Gasteiger charge is -2.32. The molecule has 2 aromatic rings. The normalized spacial score (nSPS) is 21.8. The molecule has 1 aliphatic heterocycles. The van der Waals surface area contributed by atoms with Gasteiger partial charge in [-0.1, -0.05) is 42.5 Å². The van der Waals surface area contributed by atoms with Crippen molar-refractivity contribution in [3.63, 3.8) is 0 Å². The Labute approximate surface area is 181 Å². The molecule has 0 aliphatic carbocycles. The maximum Gasteiger partial charge on any atom is 0.338 e. The molecule has 1 aliphatic rings. The van der Waals surface area contributed by atoms with Crippen molar-refractivity contribution in [1.82, 2.24) is 5.32 Å². The number of benzene rings is 2. The van der Waals surface area contributed by atoms with Crippen LogP contribution in [0.2, 0.25) is 0 Å². The molecular weight excluding hydrogens is 398 g/mol. The average molecular weight is 425 g/mol. The molecule has 1 N–H and O–H groups in total. The van der Waals surface area contributed by atoms with Crippen LogP contribution in [0, 0.1) is 5.92 Å². The minimum atomic E-state index is -1.87. The van der Waals surface area contributed by atoms with Gasteiger partial charge in [-0.15, -0.1) is 0 Å². The first-order valence-corrected chi connectivity index (χ1v) is 10.3. The fourth-order valence-electron chi connectivity index (χ4n) is 4.26. The summed E-state index contributed by atoms with van der Waals surface area (Å²) in [5, 5.41) is 3.16. The molecule has 0 aromatic heterocycles. The predicted molar refractivity (Wildman–Crippen MR) is 114 cm³/mol. The molecule has 3 atom stereocenters. The van der Waals surface area contributed by atoms with Crippen molar-refractivity contribution in [3.8, 4) is 5.75 Å². The van der Waals surface area contributed by atoms with Crippen LogP contribution < -0.4 is 10.1 Å². The number of hydrogen-bond acceptors (Lipinski definition) is 7. The van der Waals surface area contributed by atoms with E-state index in [2.05, 4.69) is 5.32 Å².